The number of hydrogen-bond donors (Lipinski definition) is 1. The maximum Gasteiger partial charge on any atom is 0.120 e. The van der Waals surface area contributed by atoms with Crippen LogP contribution in [-0.4, -0.2) is 13.2 Å². The molecule has 1 fully saturated rings. The largest absolute Gasteiger partial charge is 0.497 e. The van der Waals surface area contributed by atoms with E-state index in [2.05, 4.69) is 24.3 Å². The third kappa shape index (κ3) is 3.76. The molecule has 3 heteroatoms. The average molecular weight is 283 g/mol. The van der Waals surface area contributed by atoms with Gasteiger partial charge in [0.1, 0.15) is 11.5 Å². The summed E-state index contributed by atoms with van der Waals surface area (Å²) in [5.41, 5.74) is 8.65. The Morgan fingerprint density at radius 2 is 1.86 bits per heavy atom. The third-order valence-corrected chi connectivity index (χ3v) is 3.73. The molecule has 1 atom stereocenters. The third-order valence-electron chi connectivity index (χ3n) is 3.73. The second-order valence-electron chi connectivity index (χ2n) is 5.55. The lowest BCUT2D eigenvalue weighted by Crippen LogP contribution is -2.13. The van der Waals surface area contributed by atoms with Gasteiger partial charge >= 0.3 is 0 Å². The summed E-state index contributed by atoms with van der Waals surface area (Å²) in [6, 6.07) is 16.2. The molecule has 0 bridgehead atoms. The molecule has 0 aliphatic heterocycles. The van der Waals surface area contributed by atoms with Crippen LogP contribution in [-0.2, 0) is 6.42 Å². The highest BCUT2D eigenvalue weighted by atomic mass is 16.5. The summed E-state index contributed by atoms with van der Waals surface area (Å²) in [6.45, 7) is 0. The van der Waals surface area contributed by atoms with Crippen LogP contribution >= 0.6 is 0 Å². The van der Waals surface area contributed by atoms with Crippen LogP contribution in [0.4, 0.5) is 0 Å². The van der Waals surface area contributed by atoms with Gasteiger partial charge in [-0.15, -0.1) is 0 Å². The molecule has 2 N–H and O–H groups in total. The number of ether oxygens (including phenoxy) is 2. The van der Waals surface area contributed by atoms with Gasteiger partial charge in [0.05, 0.1) is 13.2 Å². The van der Waals surface area contributed by atoms with Crippen molar-refractivity contribution in [1.82, 2.24) is 0 Å². The van der Waals surface area contributed by atoms with Crippen LogP contribution in [0.25, 0.3) is 0 Å². The van der Waals surface area contributed by atoms with E-state index in [1.807, 2.05) is 24.3 Å². The molecule has 21 heavy (non-hydrogen) atoms. The molecule has 2 aromatic carbocycles. The zero-order chi connectivity index (χ0) is 14.7. The lowest BCUT2D eigenvalue weighted by atomic mass is 9.99. The molecular weight excluding hydrogens is 262 g/mol. The molecule has 1 aliphatic rings. The van der Waals surface area contributed by atoms with Crippen molar-refractivity contribution in [3.05, 3.63) is 59.7 Å². The first-order valence-electron chi connectivity index (χ1n) is 7.40. The van der Waals surface area contributed by atoms with Crippen molar-refractivity contribution in [2.24, 2.45) is 5.73 Å². The standard InChI is InChI=1S/C18H21NO2/c1-20-15-7-5-13(6-8-15)11-18(19)14-3-2-4-17(12-14)21-16-9-10-16/h2-8,12,16,18H,9-11,19H2,1H3. The minimum Gasteiger partial charge on any atom is -0.497 e. The molecule has 0 spiro atoms. The minimum absolute atomic E-state index is 0.0267. The fourth-order valence-electron chi connectivity index (χ4n) is 2.33. The molecule has 3 nitrogen and oxygen atoms in total. The van der Waals surface area contributed by atoms with Crippen molar-refractivity contribution in [2.75, 3.05) is 7.11 Å². The summed E-state index contributed by atoms with van der Waals surface area (Å²) in [5.74, 6) is 1.80. The van der Waals surface area contributed by atoms with Crippen LogP contribution in [0.3, 0.4) is 0 Å². The van der Waals surface area contributed by atoms with Crippen molar-refractivity contribution < 1.29 is 9.47 Å². The number of methoxy groups -OCH3 is 1. The topological polar surface area (TPSA) is 44.5 Å². The average Bonchev–Trinajstić information content (AvgIpc) is 3.32. The van der Waals surface area contributed by atoms with Gasteiger partial charge in [-0.05, 0) is 54.7 Å². The Labute approximate surface area is 125 Å². The summed E-state index contributed by atoms with van der Waals surface area (Å²) < 4.78 is 11.0. The summed E-state index contributed by atoms with van der Waals surface area (Å²) in [6.07, 6.45) is 3.55. The highest BCUT2D eigenvalue weighted by Gasteiger charge is 2.23. The van der Waals surface area contributed by atoms with Crippen LogP contribution in [0, 0.1) is 0 Å². The molecule has 0 radical (unpaired) electrons. The fourth-order valence-corrected chi connectivity index (χ4v) is 2.33. The quantitative estimate of drug-likeness (QED) is 0.882. The molecule has 1 unspecified atom stereocenters. The van der Waals surface area contributed by atoms with E-state index in [0.717, 1.165) is 23.5 Å². The maximum absolute atomic E-state index is 6.33. The molecule has 1 aliphatic carbocycles. The van der Waals surface area contributed by atoms with Crippen LogP contribution < -0.4 is 15.2 Å². The normalized spacial score (nSPS) is 15.5. The number of rotatable bonds is 6. The predicted molar refractivity (Wildman–Crippen MR) is 83.7 cm³/mol. The fraction of sp³-hybridized carbons (Fsp3) is 0.333. The second kappa shape index (κ2) is 6.19. The zero-order valence-electron chi connectivity index (χ0n) is 12.3. The van der Waals surface area contributed by atoms with Gasteiger partial charge in [0.25, 0.3) is 0 Å². The highest BCUT2D eigenvalue weighted by molar-refractivity contribution is 5.33. The van der Waals surface area contributed by atoms with Gasteiger partial charge in [0.15, 0.2) is 0 Å². The Morgan fingerprint density at radius 1 is 1.10 bits per heavy atom. The Hall–Kier alpha value is -2.00. The van der Waals surface area contributed by atoms with E-state index in [-0.39, 0.29) is 6.04 Å². The molecule has 0 amide bonds. The summed E-state index contributed by atoms with van der Waals surface area (Å²) in [4.78, 5) is 0. The Bertz CT molecular complexity index is 590. The molecule has 110 valence electrons. The first-order chi connectivity index (χ1) is 10.2. The molecule has 0 aromatic heterocycles. The van der Waals surface area contributed by atoms with Crippen molar-refractivity contribution >= 4 is 0 Å². The van der Waals surface area contributed by atoms with E-state index in [4.69, 9.17) is 15.2 Å². The van der Waals surface area contributed by atoms with Crippen molar-refractivity contribution in [2.45, 2.75) is 31.4 Å². The highest BCUT2D eigenvalue weighted by Crippen LogP contribution is 2.28. The summed E-state index contributed by atoms with van der Waals surface area (Å²) >= 11 is 0. The van der Waals surface area contributed by atoms with Crippen molar-refractivity contribution in [3.8, 4) is 11.5 Å². The van der Waals surface area contributed by atoms with Gasteiger partial charge in [-0.25, -0.2) is 0 Å². The Kier molecular flexibility index (Phi) is 4.11. The molecule has 0 heterocycles. The van der Waals surface area contributed by atoms with E-state index in [1.165, 1.54) is 18.4 Å². The van der Waals surface area contributed by atoms with Gasteiger partial charge in [0.2, 0.25) is 0 Å². The number of nitrogens with two attached hydrogens (primary N) is 1. The van der Waals surface area contributed by atoms with E-state index in [1.54, 1.807) is 7.11 Å². The van der Waals surface area contributed by atoms with Crippen LogP contribution in [0.15, 0.2) is 48.5 Å². The first-order valence-corrected chi connectivity index (χ1v) is 7.40. The minimum atomic E-state index is -0.0267. The van der Waals surface area contributed by atoms with E-state index in [0.29, 0.717) is 6.10 Å². The number of benzene rings is 2. The maximum atomic E-state index is 6.33. The zero-order valence-corrected chi connectivity index (χ0v) is 12.3. The van der Waals surface area contributed by atoms with Crippen molar-refractivity contribution in [3.63, 3.8) is 0 Å². The summed E-state index contributed by atoms with van der Waals surface area (Å²) in [7, 11) is 1.67. The molecule has 0 saturated heterocycles. The molecule has 3 rings (SSSR count). The first kappa shape index (κ1) is 14.0. The number of hydrogen-bond acceptors (Lipinski definition) is 3. The Balaban J connectivity index is 1.67. The second-order valence-corrected chi connectivity index (χ2v) is 5.55. The van der Waals surface area contributed by atoms with Crippen LogP contribution in [0.5, 0.6) is 11.5 Å². The van der Waals surface area contributed by atoms with Gasteiger partial charge in [0, 0.05) is 6.04 Å². The Morgan fingerprint density at radius 3 is 2.52 bits per heavy atom. The van der Waals surface area contributed by atoms with Gasteiger partial charge in [-0.1, -0.05) is 24.3 Å². The molecule has 1 saturated carbocycles. The molecular formula is C18H21NO2. The van der Waals surface area contributed by atoms with E-state index >= 15 is 0 Å². The summed E-state index contributed by atoms with van der Waals surface area (Å²) in [5, 5.41) is 0. The predicted octanol–water partition coefficient (Wildman–Crippen LogP) is 3.48. The van der Waals surface area contributed by atoms with E-state index < -0.39 is 0 Å². The smallest absolute Gasteiger partial charge is 0.120 e. The lowest BCUT2D eigenvalue weighted by molar-refractivity contribution is 0.302. The van der Waals surface area contributed by atoms with E-state index in [9.17, 15) is 0 Å². The van der Waals surface area contributed by atoms with Gasteiger partial charge in [-0.3, -0.25) is 0 Å². The lowest BCUT2D eigenvalue weighted by Gasteiger charge is -2.14. The van der Waals surface area contributed by atoms with Crippen LogP contribution in [0.1, 0.15) is 30.0 Å². The molecule has 2 aromatic rings. The van der Waals surface area contributed by atoms with Crippen molar-refractivity contribution in [1.29, 1.82) is 0 Å². The van der Waals surface area contributed by atoms with Gasteiger partial charge < -0.3 is 15.2 Å². The monoisotopic (exact) mass is 283 g/mol. The SMILES string of the molecule is COc1ccc(CC(N)c2cccc(OC3CC3)c2)cc1. The van der Waals surface area contributed by atoms with Crippen LogP contribution in [0.2, 0.25) is 0 Å². The van der Waals surface area contributed by atoms with Gasteiger partial charge in [-0.2, -0.15) is 0 Å².